The molecule has 2 saturated heterocycles. The van der Waals surface area contributed by atoms with Crippen molar-refractivity contribution in [3.63, 3.8) is 0 Å². The molecule has 3 aromatic rings. The fourth-order valence-corrected chi connectivity index (χ4v) is 4.96. The lowest BCUT2D eigenvalue weighted by Crippen LogP contribution is -2.49. The van der Waals surface area contributed by atoms with E-state index in [2.05, 4.69) is 19.9 Å². The first kappa shape index (κ1) is 19.0. The zero-order chi connectivity index (χ0) is 20.5. The molecule has 2 aliphatic rings. The summed E-state index contributed by atoms with van der Waals surface area (Å²) in [4.78, 5) is 40.4. The molecule has 30 heavy (non-hydrogen) atoms. The molecule has 8 nitrogen and oxygen atoms in total. The number of aromatic amines is 1. The fraction of sp³-hybridized carbons (Fsp3) is 0.455. The average molecular weight is 406 g/mol. The molecule has 156 valence electrons. The number of amides is 1. The van der Waals surface area contributed by atoms with E-state index in [4.69, 9.17) is 0 Å². The van der Waals surface area contributed by atoms with Gasteiger partial charge in [0.1, 0.15) is 12.0 Å². The van der Waals surface area contributed by atoms with Gasteiger partial charge in [-0.25, -0.2) is 14.8 Å². The summed E-state index contributed by atoms with van der Waals surface area (Å²) >= 11 is 0. The van der Waals surface area contributed by atoms with Crippen LogP contribution in [0.3, 0.4) is 0 Å². The molecule has 2 aromatic heterocycles. The van der Waals surface area contributed by atoms with E-state index in [1.54, 1.807) is 12.3 Å². The molecule has 0 unspecified atom stereocenters. The Labute approximate surface area is 174 Å². The van der Waals surface area contributed by atoms with Crippen molar-refractivity contribution in [2.75, 3.05) is 26.2 Å². The van der Waals surface area contributed by atoms with Crippen molar-refractivity contribution in [1.29, 1.82) is 0 Å². The number of carbonyl (C=O) groups excluding carboxylic acids is 1. The Morgan fingerprint density at radius 3 is 2.43 bits per heavy atom. The first-order valence-corrected chi connectivity index (χ1v) is 10.7. The second-order valence-electron chi connectivity index (χ2n) is 8.20. The largest absolute Gasteiger partial charge is 0.337 e. The number of benzene rings is 1. The van der Waals surface area contributed by atoms with Gasteiger partial charge >= 0.3 is 5.69 Å². The molecule has 1 aromatic carbocycles. The van der Waals surface area contributed by atoms with Gasteiger partial charge in [0.05, 0.1) is 11.0 Å². The molecular formula is C22H26N6O2. The van der Waals surface area contributed by atoms with Crippen LogP contribution in [0.2, 0.25) is 0 Å². The number of para-hydroxylation sites is 2. The molecule has 0 bridgehead atoms. The number of imidazole rings is 1. The lowest BCUT2D eigenvalue weighted by molar-refractivity contribution is 0.0553. The number of H-pyrrole nitrogens is 1. The second-order valence-corrected chi connectivity index (χ2v) is 8.20. The summed E-state index contributed by atoms with van der Waals surface area (Å²) in [6.45, 7) is 3.49. The highest BCUT2D eigenvalue weighted by Gasteiger charge is 2.31. The maximum absolute atomic E-state index is 12.6. The quantitative estimate of drug-likeness (QED) is 0.719. The first-order chi connectivity index (χ1) is 14.7. The van der Waals surface area contributed by atoms with E-state index in [0.717, 1.165) is 62.9 Å². The Bertz CT molecular complexity index is 1080. The standard InChI is InChI=1S/C22H26N6O2/c29-21(19-5-10-23-15-24-19)27-13-6-16(7-14-27)26-11-8-17(9-12-26)28-20-4-2-1-3-18(20)25-22(28)30/h1-5,10,15-17H,6-9,11-14H2,(H,25,30). The summed E-state index contributed by atoms with van der Waals surface area (Å²) in [6, 6.07) is 10.3. The van der Waals surface area contributed by atoms with Crippen molar-refractivity contribution < 1.29 is 4.79 Å². The number of carbonyl (C=O) groups is 1. The van der Waals surface area contributed by atoms with E-state index in [1.165, 1.54) is 6.33 Å². The summed E-state index contributed by atoms with van der Waals surface area (Å²) in [5.41, 5.74) is 2.36. The van der Waals surface area contributed by atoms with E-state index in [0.29, 0.717) is 11.7 Å². The van der Waals surface area contributed by atoms with Gasteiger partial charge in [-0.1, -0.05) is 12.1 Å². The summed E-state index contributed by atoms with van der Waals surface area (Å²) in [7, 11) is 0. The minimum absolute atomic E-state index is 0.00623. The van der Waals surface area contributed by atoms with Crippen LogP contribution in [0.5, 0.6) is 0 Å². The lowest BCUT2D eigenvalue weighted by atomic mass is 9.97. The van der Waals surface area contributed by atoms with Gasteiger partial charge in [-0.3, -0.25) is 9.36 Å². The van der Waals surface area contributed by atoms with Crippen molar-refractivity contribution in [3.05, 3.63) is 59.0 Å². The van der Waals surface area contributed by atoms with Crippen LogP contribution < -0.4 is 5.69 Å². The molecule has 2 fully saturated rings. The lowest BCUT2D eigenvalue weighted by Gasteiger charge is -2.41. The molecule has 1 N–H and O–H groups in total. The molecular weight excluding hydrogens is 380 g/mol. The Balaban J connectivity index is 1.18. The number of hydrogen-bond donors (Lipinski definition) is 1. The van der Waals surface area contributed by atoms with Gasteiger partial charge in [-0.15, -0.1) is 0 Å². The Hall–Kier alpha value is -3.00. The maximum Gasteiger partial charge on any atom is 0.326 e. The third-order valence-electron chi connectivity index (χ3n) is 6.56. The highest BCUT2D eigenvalue weighted by atomic mass is 16.2. The van der Waals surface area contributed by atoms with Crippen LogP contribution in [0.15, 0.2) is 47.7 Å². The maximum atomic E-state index is 12.6. The minimum atomic E-state index is -0.00816. The molecule has 0 saturated carbocycles. The molecule has 0 spiro atoms. The first-order valence-electron chi connectivity index (χ1n) is 10.7. The number of fused-ring (bicyclic) bond motifs is 1. The highest BCUT2D eigenvalue weighted by molar-refractivity contribution is 5.92. The molecule has 4 heterocycles. The number of nitrogens with one attached hydrogen (secondary N) is 1. The predicted molar refractivity (Wildman–Crippen MR) is 113 cm³/mol. The van der Waals surface area contributed by atoms with Gasteiger partial charge in [0.15, 0.2) is 0 Å². The van der Waals surface area contributed by atoms with Gasteiger partial charge in [-0.2, -0.15) is 0 Å². The number of hydrogen-bond acceptors (Lipinski definition) is 5. The zero-order valence-corrected chi connectivity index (χ0v) is 16.9. The summed E-state index contributed by atoms with van der Waals surface area (Å²) < 4.78 is 1.94. The topological polar surface area (TPSA) is 87.1 Å². The minimum Gasteiger partial charge on any atom is -0.337 e. The van der Waals surface area contributed by atoms with Crippen molar-refractivity contribution in [1.82, 2.24) is 29.3 Å². The SMILES string of the molecule is O=C(c1ccncn1)N1CCC(N2CCC(n3c(=O)[nH]c4ccccc43)CC2)CC1. The number of piperidine rings is 2. The van der Waals surface area contributed by atoms with Gasteiger partial charge in [-0.05, 0) is 43.9 Å². The second kappa shape index (κ2) is 8.02. The molecule has 0 radical (unpaired) electrons. The van der Waals surface area contributed by atoms with Crippen molar-refractivity contribution in [3.8, 4) is 0 Å². The predicted octanol–water partition coefficient (Wildman–Crippen LogP) is 2.06. The number of nitrogens with zero attached hydrogens (tertiary/aromatic N) is 5. The Morgan fingerprint density at radius 1 is 0.967 bits per heavy atom. The van der Waals surface area contributed by atoms with E-state index >= 15 is 0 Å². The van der Waals surface area contributed by atoms with Crippen LogP contribution in [0.1, 0.15) is 42.2 Å². The summed E-state index contributed by atoms with van der Waals surface area (Å²) in [6.07, 6.45) is 6.94. The molecule has 5 rings (SSSR count). The van der Waals surface area contributed by atoms with Gasteiger partial charge in [0.2, 0.25) is 0 Å². The van der Waals surface area contributed by atoms with E-state index in [9.17, 15) is 9.59 Å². The Kier molecular flexibility index (Phi) is 5.08. The smallest absolute Gasteiger partial charge is 0.326 e. The van der Waals surface area contributed by atoms with Crippen LogP contribution in [0, 0.1) is 0 Å². The van der Waals surface area contributed by atoms with Crippen LogP contribution >= 0.6 is 0 Å². The van der Waals surface area contributed by atoms with E-state index in [-0.39, 0.29) is 17.6 Å². The highest BCUT2D eigenvalue weighted by Crippen LogP contribution is 2.28. The van der Waals surface area contributed by atoms with Gasteiger partial charge in [0.25, 0.3) is 5.91 Å². The molecule has 2 aliphatic heterocycles. The van der Waals surface area contributed by atoms with Crippen LogP contribution in [-0.4, -0.2) is 67.4 Å². The average Bonchev–Trinajstić information content (AvgIpc) is 3.15. The van der Waals surface area contributed by atoms with Crippen LogP contribution in [0.25, 0.3) is 11.0 Å². The van der Waals surface area contributed by atoms with E-state index < -0.39 is 0 Å². The fourth-order valence-electron chi connectivity index (χ4n) is 4.96. The summed E-state index contributed by atoms with van der Waals surface area (Å²) in [5.74, 6) is -0.00623. The third-order valence-corrected chi connectivity index (χ3v) is 6.56. The van der Waals surface area contributed by atoms with Gasteiger partial charge in [0, 0.05) is 44.5 Å². The summed E-state index contributed by atoms with van der Waals surface area (Å²) in [5, 5.41) is 0. The molecule has 0 atom stereocenters. The van der Waals surface area contributed by atoms with Crippen LogP contribution in [-0.2, 0) is 0 Å². The monoisotopic (exact) mass is 406 g/mol. The number of rotatable bonds is 3. The third kappa shape index (κ3) is 3.52. The number of likely N-dealkylation sites (tertiary alicyclic amines) is 2. The normalized spacial score (nSPS) is 19.4. The molecule has 1 amide bonds. The van der Waals surface area contributed by atoms with Gasteiger partial charge < -0.3 is 14.8 Å². The van der Waals surface area contributed by atoms with Crippen molar-refractivity contribution in [2.45, 2.75) is 37.8 Å². The van der Waals surface area contributed by atoms with Crippen LogP contribution in [0.4, 0.5) is 0 Å². The zero-order valence-electron chi connectivity index (χ0n) is 16.9. The Morgan fingerprint density at radius 2 is 1.70 bits per heavy atom. The number of aromatic nitrogens is 4. The molecule has 8 heteroatoms. The van der Waals surface area contributed by atoms with E-state index in [1.807, 2.05) is 33.7 Å². The van der Waals surface area contributed by atoms with Crippen molar-refractivity contribution in [2.24, 2.45) is 0 Å². The molecule has 0 aliphatic carbocycles. The van der Waals surface area contributed by atoms with Crippen molar-refractivity contribution >= 4 is 16.9 Å².